The molecule has 0 fully saturated rings. The average molecular weight is 127 g/mol. The Morgan fingerprint density at radius 1 is 1.78 bits per heavy atom. The van der Waals surface area contributed by atoms with Crippen molar-refractivity contribution in [2.24, 2.45) is 0 Å². The van der Waals surface area contributed by atoms with Crippen molar-refractivity contribution < 1.29 is 14.3 Å². The summed E-state index contributed by atoms with van der Waals surface area (Å²) in [4.78, 5) is 19.6. The van der Waals surface area contributed by atoms with Gasteiger partial charge in [0.1, 0.15) is 0 Å². The molecular weight excluding hydrogens is 122 g/mol. The second-order valence-corrected chi connectivity index (χ2v) is 1.00. The summed E-state index contributed by atoms with van der Waals surface area (Å²) in [6.45, 7) is 0.0344. The molecule has 1 N–H and O–H groups in total. The summed E-state index contributed by atoms with van der Waals surface area (Å²) >= 11 is 0. The summed E-state index contributed by atoms with van der Waals surface area (Å²) in [5.74, 6) is 1.12. The van der Waals surface area contributed by atoms with Crippen LogP contribution in [0, 0.1) is 12.0 Å². The van der Waals surface area contributed by atoms with Crippen molar-refractivity contribution in [3.8, 4) is 12.0 Å². The first-order chi connectivity index (χ1) is 4.31. The zero-order chi connectivity index (χ0) is 7.11. The highest BCUT2D eigenvalue weighted by Crippen LogP contribution is 1.65. The van der Waals surface area contributed by atoms with E-state index in [1.165, 1.54) is 0 Å². The number of ether oxygens (including phenoxy) is 1. The molecule has 0 aliphatic carbocycles. The Morgan fingerprint density at radius 3 is 2.89 bits per heavy atom. The Bertz CT molecular complexity index is 165. The highest BCUT2D eigenvalue weighted by molar-refractivity contribution is 5.92. The van der Waals surface area contributed by atoms with Crippen LogP contribution in [0.3, 0.4) is 0 Å². The fraction of sp³-hybridized carbons (Fsp3) is 0.200. The molecule has 0 aliphatic rings. The molecule has 0 spiro atoms. The molecule has 0 heterocycles. The van der Waals surface area contributed by atoms with Crippen molar-refractivity contribution in [3.63, 3.8) is 0 Å². The lowest BCUT2D eigenvalue weighted by molar-refractivity contribution is -0.146. The van der Waals surface area contributed by atoms with Gasteiger partial charge >= 0.3 is 12.4 Å². The van der Waals surface area contributed by atoms with Crippen molar-refractivity contribution in [1.82, 2.24) is 5.32 Å². The first-order valence-corrected chi connectivity index (χ1v) is 2.13. The minimum absolute atomic E-state index is 0.0344. The lowest BCUT2D eigenvalue weighted by Gasteiger charge is -1.81. The van der Waals surface area contributed by atoms with Gasteiger partial charge in [-0.05, 0) is 0 Å². The standard InChI is InChI=1S/C5H5NO3/c1-6-3-2-5(8)9-4-7/h4,6H,1H3. The van der Waals surface area contributed by atoms with Crippen LogP contribution >= 0.6 is 0 Å². The number of carbonyl (C=O) groups is 2. The van der Waals surface area contributed by atoms with E-state index in [1.54, 1.807) is 7.05 Å². The Labute approximate surface area is 52.2 Å². The molecule has 4 heteroatoms. The molecule has 0 radical (unpaired) electrons. The molecule has 0 rings (SSSR count). The maximum atomic E-state index is 10.1. The summed E-state index contributed by atoms with van der Waals surface area (Å²) in [5, 5.41) is 2.38. The monoisotopic (exact) mass is 127 g/mol. The Balaban J connectivity index is 3.62. The van der Waals surface area contributed by atoms with Crippen molar-refractivity contribution in [2.45, 2.75) is 0 Å². The summed E-state index contributed by atoms with van der Waals surface area (Å²) < 4.78 is 3.81. The Hall–Kier alpha value is -1.50. The van der Waals surface area contributed by atoms with Crippen LogP contribution in [0.5, 0.6) is 0 Å². The molecule has 0 unspecified atom stereocenters. The largest absolute Gasteiger partial charge is 0.393 e. The van der Waals surface area contributed by atoms with E-state index in [9.17, 15) is 9.59 Å². The second-order valence-electron chi connectivity index (χ2n) is 1.00. The van der Waals surface area contributed by atoms with Crippen molar-refractivity contribution in [1.29, 1.82) is 0 Å². The molecule has 0 atom stereocenters. The normalized spacial score (nSPS) is 6.33. The predicted octanol–water partition coefficient (Wildman–Crippen LogP) is -1.13. The molecule has 0 amide bonds. The van der Waals surface area contributed by atoms with E-state index in [4.69, 9.17) is 0 Å². The van der Waals surface area contributed by atoms with Gasteiger partial charge in [-0.15, -0.1) is 0 Å². The van der Waals surface area contributed by atoms with E-state index in [0.29, 0.717) is 0 Å². The lowest BCUT2D eigenvalue weighted by atomic mass is 10.7. The van der Waals surface area contributed by atoms with Gasteiger partial charge < -0.3 is 10.1 Å². The molecular formula is C5H5NO3. The second kappa shape index (κ2) is 4.65. The minimum atomic E-state index is -0.862. The van der Waals surface area contributed by atoms with Gasteiger partial charge in [0.2, 0.25) is 0 Å². The topological polar surface area (TPSA) is 55.4 Å². The lowest BCUT2D eigenvalue weighted by Crippen LogP contribution is -2.01. The third kappa shape index (κ3) is 4.35. The van der Waals surface area contributed by atoms with Gasteiger partial charge in [-0.25, -0.2) is 4.79 Å². The van der Waals surface area contributed by atoms with Gasteiger partial charge in [0.25, 0.3) is 0 Å². The van der Waals surface area contributed by atoms with E-state index in [0.717, 1.165) is 0 Å². The number of hydrogen-bond acceptors (Lipinski definition) is 4. The minimum Gasteiger partial charge on any atom is -0.386 e. The van der Waals surface area contributed by atoms with E-state index >= 15 is 0 Å². The highest BCUT2D eigenvalue weighted by Gasteiger charge is 1.90. The van der Waals surface area contributed by atoms with Crippen LogP contribution in [0.25, 0.3) is 0 Å². The van der Waals surface area contributed by atoms with Gasteiger partial charge in [-0.2, -0.15) is 0 Å². The highest BCUT2D eigenvalue weighted by atomic mass is 16.6. The number of nitrogens with one attached hydrogen (secondary N) is 1. The van der Waals surface area contributed by atoms with Crippen LogP contribution in [0.15, 0.2) is 0 Å². The smallest absolute Gasteiger partial charge is 0.386 e. The summed E-state index contributed by atoms with van der Waals surface area (Å²) in [6, 6.07) is 2.20. The first-order valence-electron chi connectivity index (χ1n) is 2.13. The van der Waals surface area contributed by atoms with Crippen LogP contribution in [0.4, 0.5) is 0 Å². The summed E-state index contributed by atoms with van der Waals surface area (Å²) in [6.07, 6.45) is 0. The van der Waals surface area contributed by atoms with E-state index < -0.39 is 5.97 Å². The first kappa shape index (κ1) is 7.50. The Morgan fingerprint density at radius 2 is 2.44 bits per heavy atom. The third-order valence-corrected chi connectivity index (χ3v) is 0.445. The molecule has 0 aromatic rings. The molecule has 0 aromatic heterocycles. The van der Waals surface area contributed by atoms with Crippen LogP contribution in [0.2, 0.25) is 0 Å². The van der Waals surface area contributed by atoms with E-state index in [2.05, 4.69) is 16.1 Å². The summed E-state index contributed by atoms with van der Waals surface area (Å²) in [7, 11) is 1.54. The van der Waals surface area contributed by atoms with Crippen LogP contribution in [-0.4, -0.2) is 19.5 Å². The zero-order valence-corrected chi connectivity index (χ0v) is 4.80. The number of esters is 1. The number of carbonyl (C=O) groups excluding carboxylic acids is 2. The van der Waals surface area contributed by atoms with Crippen molar-refractivity contribution in [3.05, 3.63) is 0 Å². The van der Waals surface area contributed by atoms with Gasteiger partial charge in [0.05, 0.1) is 0 Å². The van der Waals surface area contributed by atoms with Crippen LogP contribution in [0.1, 0.15) is 0 Å². The molecule has 0 bridgehead atoms. The van der Waals surface area contributed by atoms with E-state index in [-0.39, 0.29) is 6.47 Å². The maximum Gasteiger partial charge on any atom is 0.393 e. The van der Waals surface area contributed by atoms with Crippen molar-refractivity contribution in [2.75, 3.05) is 7.05 Å². The van der Waals surface area contributed by atoms with Gasteiger partial charge in [0.15, 0.2) is 0 Å². The fourth-order valence-electron chi connectivity index (χ4n) is 0.187. The van der Waals surface area contributed by atoms with Crippen LogP contribution in [-0.2, 0) is 14.3 Å². The fourth-order valence-corrected chi connectivity index (χ4v) is 0.187. The summed E-state index contributed by atoms with van der Waals surface area (Å²) in [5.41, 5.74) is 0. The zero-order valence-electron chi connectivity index (χ0n) is 4.80. The van der Waals surface area contributed by atoms with Crippen LogP contribution < -0.4 is 5.32 Å². The maximum absolute atomic E-state index is 10.1. The van der Waals surface area contributed by atoms with Gasteiger partial charge in [-0.1, -0.05) is 0 Å². The number of rotatable bonds is 1. The van der Waals surface area contributed by atoms with Crippen molar-refractivity contribution >= 4 is 12.4 Å². The van der Waals surface area contributed by atoms with E-state index in [1.807, 2.05) is 5.92 Å². The van der Waals surface area contributed by atoms with Gasteiger partial charge in [0, 0.05) is 19.0 Å². The molecule has 9 heavy (non-hydrogen) atoms. The molecule has 0 saturated heterocycles. The molecule has 48 valence electrons. The van der Waals surface area contributed by atoms with Gasteiger partial charge in [-0.3, -0.25) is 4.79 Å². The number of hydrogen-bond donors (Lipinski definition) is 1. The third-order valence-electron chi connectivity index (χ3n) is 0.445. The molecule has 0 saturated carbocycles. The molecule has 4 nitrogen and oxygen atoms in total. The SMILES string of the molecule is CNC#CC(=O)OC=O. The molecule has 0 aromatic carbocycles. The predicted molar refractivity (Wildman–Crippen MR) is 29.0 cm³/mol. The average Bonchev–Trinajstić information content (AvgIpc) is 1.85. The quantitative estimate of drug-likeness (QED) is 0.159. The molecule has 0 aliphatic heterocycles. The Kier molecular flexibility index (Phi) is 3.88.